The molecule has 2 aromatic heterocycles. The highest BCUT2D eigenvalue weighted by molar-refractivity contribution is 5.84. The largest absolute Gasteiger partial charge is 0.481 e. The van der Waals surface area contributed by atoms with Crippen molar-refractivity contribution in [3.8, 4) is 22.8 Å². The zero-order chi connectivity index (χ0) is 20.4. The zero-order valence-electron chi connectivity index (χ0n) is 16.5. The third kappa shape index (κ3) is 4.06. The van der Waals surface area contributed by atoms with Crippen LogP contribution in [0, 0.1) is 0 Å². The van der Waals surface area contributed by atoms with Crippen LogP contribution in [0.4, 0.5) is 0 Å². The average molecular weight is 389 g/mol. The van der Waals surface area contributed by atoms with Crippen molar-refractivity contribution in [2.24, 2.45) is 0 Å². The quantitative estimate of drug-likeness (QED) is 0.461. The summed E-state index contributed by atoms with van der Waals surface area (Å²) >= 11 is 0. The minimum Gasteiger partial charge on any atom is -0.481 e. The van der Waals surface area contributed by atoms with Crippen molar-refractivity contribution in [2.45, 2.75) is 39.2 Å². The Balaban J connectivity index is 1.57. The van der Waals surface area contributed by atoms with Crippen molar-refractivity contribution in [2.75, 3.05) is 0 Å². The number of carbonyl (C=O) groups is 1. The van der Waals surface area contributed by atoms with Gasteiger partial charge < -0.3 is 14.2 Å². The van der Waals surface area contributed by atoms with Crippen LogP contribution in [-0.2, 0) is 11.2 Å². The SMILES string of the molecule is CC(C)n1ccc2cc(-c3nc(-c4cccc(CCCC(=O)O)c4)no3)ccc21. The van der Waals surface area contributed by atoms with E-state index in [0.717, 1.165) is 22.1 Å². The Kier molecular flexibility index (Phi) is 5.16. The van der Waals surface area contributed by atoms with E-state index in [1.807, 2.05) is 30.3 Å². The molecular weight excluding hydrogens is 366 g/mol. The summed E-state index contributed by atoms with van der Waals surface area (Å²) in [5, 5.41) is 14.1. The third-order valence-electron chi connectivity index (χ3n) is 4.99. The first kappa shape index (κ1) is 18.9. The lowest BCUT2D eigenvalue weighted by atomic mass is 10.0. The summed E-state index contributed by atoms with van der Waals surface area (Å²) in [7, 11) is 0. The van der Waals surface area contributed by atoms with Gasteiger partial charge in [-0.2, -0.15) is 4.98 Å². The first-order chi connectivity index (χ1) is 14.0. The van der Waals surface area contributed by atoms with Crippen LogP contribution in [0.3, 0.4) is 0 Å². The molecule has 2 heterocycles. The number of rotatable bonds is 7. The number of carboxylic acids is 1. The lowest BCUT2D eigenvalue weighted by molar-refractivity contribution is -0.137. The Morgan fingerprint density at radius 2 is 2.00 bits per heavy atom. The summed E-state index contributed by atoms with van der Waals surface area (Å²) in [5.74, 6) is 0.236. The fourth-order valence-corrected chi connectivity index (χ4v) is 3.52. The number of aryl methyl sites for hydroxylation is 1. The molecule has 6 nitrogen and oxygen atoms in total. The lowest BCUT2D eigenvalue weighted by Crippen LogP contribution is -1.97. The Hall–Kier alpha value is -3.41. The fourth-order valence-electron chi connectivity index (χ4n) is 3.52. The second kappa shape index (κ2) is 7.91. The van der Waals surface area contributed by atoms with Crippen molar-refractivity contribution < 1.29 is 14.4 Å². The van der Waals surface area contributed by atoms with Crippen molar-refractivity contribution in [1.82, 2.24) is 14.7 Å². The van der Waals surface area contributed by atoms with Crippen LogP contribution in [0.25, 0.3) is 33.7 Å². The number of aliphatic carboxylic acids is 1. The van der Waals surface area contributed by atoms with Crippen molar-refractivity contribution >= 4 is 16.9 Å². The van der Waals surface area contributed by atoms with Gasteiger partial charge in [-0.15, -0.1) is 0 Å². The van der Waals surface area contributed by atoms with Gasteiger partial charge in [0.15, 0.2) is 0 Å². The summed E-state index contributed by atoms with van der Waals surface area (Å²) in [5.41, 5.74) is 3.99. The van der Waals surface area contributed by atoms with Gasteiger partial charge >= 0.3 is 5.97 Å². The van der Waals surface area contributed by atoms with Crippen LogP contribution in [0.1, 0.15) is 38.3 Å². The summed E-state index contributed by atoms with van der Waals surface area (Å²) in [6.07, 6.45) is 3.56. The summed E-state index contributed by atoms with van der Waals surface area (Å²) in [4.78, 5) is 15.3. The molecule has 0 saturated carbocycles. The van der Waals surface area contributed by atoms with Crippen LogP contribution in [-0.4, -0.2) is 25.8 Å². The van der Waals surface area contributed by atoms with Crippen molar-refractivity contribution in [3.05, 3.63) is 60.3 Å². The maximum atomic E-state index is 10.7. The molecule has 0 atom stereocenters. The van der Waals surface area contributed by atoms with Gasteiger partial charge in [0.25, 0.3) is 5.89 Å². The number of nitrogens with zero attached hydrogens (tertiary/aromatic N) is 3. The molecule has 0 bridgehead atoms. The van der Waals surface area contributed by atoms with Crippen molar-refractivity contribution in [1.29, 1.82) is 0 Å². The number of carboxylic acid groups (broad SMARTS) is 1. The molecule has 4 aromatic rings. The molecule has 0 aliphatic heterocycles. The van der Waals surface area contributed by atoms with E-state index in [-0.39, 0.29) is 6.42 Å². The first-order valence-electron chi connectivity index (χ1n) is 9.77. The maximum Gasteiger partial charge on any atom is 0.303 e. The Labute approximate surface area is 168 Å². The van der Waals surface area contributed by atoms with Crippen LogP contribution < -0.4 is 0 Å². The van der Waals surface area contributed by atoms with Crippen LogP contribution >= 0.6 is 0 Å². The fraction of sp³-hybridized carbons (Fsp3) is 0.261. The maximum absolute atomic E-state index is 10.7. The van der Waals surface area contributed by atoms with Gasteiger partial charge in [-0.05, 0) is 62.6 Å². The number of benzene rings is 2. The van der Waals surface area contributed by atoms with E-state index >= 15 is 0 Å². The number of fused-ring (bicyclic) bond motifs is 1. The van der Waals surface area contributed by atoms with E-state index in [1.54, 1.807) is 0 Å². The molecule has 0 amide bonds. The van der Waals surface area contributed by atoms with E-state index in [4.69, 9.17) is 9.63 Å². The van der Waals surface area contributed by atoms with E-state index in [1.165, 1.54) is 5.52 Å². The molecule has 0 fully saturated rings. The highest BCUT2D eigenvalue weighted by atomic mass is 16.5. The van der Waals surface area contributed by atoms with Gasteiger partial charge in [-0.1, -0.05) is 23.4 Å². The van der Waals surface area contributed by atoms with Gasteiger partial charge in [0.1, 0.15) is 0 Å². The molecule has 0 saturated heterocycles. The molecule has 4 rings (SSSR count). The minimum atomic E-state index is -0.773. The molecule has 0 aliphatic carbocycles. The van der Waals surface area contributed by atoms with Crippen LogP contribution in [0.2, 0.25) is 0 Å². The number of hydrogen-bond donors (Lipinski definition) is 1. The smallest absolute Gasteiger partial charge is 0.303 e. The highest BCUT2D eigenvalue weighted by Gasteiger charge is 2.13. The second-order valence-electron chi connectivity index (χ2n) is 7.46. The van der Waals surface area contributed by atoms with E-state index in [2.05, 4.69) is 53.0 Å². The van der Waals surface area contributed by atoms with Gasteiger partial charge in [0.05, 0.1) is 0 Å². The summed E-state index contributed by atoms with van der Waals surface area (Å²) in [6.45, 7) is 4.32. The van der Waals surface area contributed by atoms with Crippen LogP contribution in [0.5, 0.6) is 0 Å². The number of hydrogen-bond acceptors (Lipinski definition) is 4. The monoisotopic (exact) mass is 389 g/mol. The highest BCUT2D eigenvalue weighted by Crippen LogP contribution is 2.28. The minimum absolute atomic E-state index is 0.164. The standard InChI is InChI=1S/C23H23N3O3/c1-15(2)26-12-11-17-14-19(9-10-20(17)26)23-24-22(25-29-23)18-7-3-5-16(13-18)6-4-8-21(27)28/h3,5,7,9-15H,4,6,8H2,1-2H3,(H,27,28). The van der Waals surface area contributed by atoms with Gasteiger partial charge in [-0.25, -0.2) is 0 Å². The van der Waals surface area contributed by atoms with Crippen LogP contribution in [0.15, 0.2) is 59.3 Å². The van der Waals surface area contributed by atoms with Gasteiger partial charge in [-0.3, -0.25) is 4.79 Å². The molecule has 0 spiro atoms. The topological polar surface area (TPSA) is 81.2 Å². The molecule has 2 aromatic carbocycles. The Bertz CT molecular complexity index is 1160. The molecular formula is C23H23N3O3. The third-order valence-corrected chi connectivity index (χ3v) is 4.99. The molecule has 1 N–H and O–H groups in total. The molecule has 0 aliphatic rings. The second-order valence-corrected chi connectivity index (χ2v) is 7.46. The predicted octanol–water partition coefficient (Wildman–Crippen LogP) is 5.35. The average Bonchev–Trinajstić information content (AvgIpc) is 3.35. The van der Waals surface area contributed by atoms with Gasteiger partial charge in [0, 0.05) is 40.7 Å². The Morgan fingerprint density at radius 1 is 1.14 bits per heavy atom. The first-order valence-corrected chi connectivity index (χ1v) is 9.77. The molecule has 0 unspecified atom stereocenters. The molecule has 148 valence electrons. The van der Waals surface area contributed by atoms with Crippen molar-refractivity contribution in [3.63, 3.8) is 0 Å². The summed E-state index contributed by atoms with van der Waals surface area (Å²) in [6, 6.07) is 16.5. The van der Waals surface area contributed by atoms with E-state index in [9.17, 15) is 4.79 Å². The summed E-state index contributed by atoms with van der Waals surface area (Å²) < 4.78 is 7.75. The zero-order valence-corrected chi connectivity index (χ0v) is 16.5. The van der Waals surface area contributed by atoms with Gasteiger partial charge in [0.2, 0.25) is 5.82 Å². The number of aromatic nitrogens is 3. The van der Waals surface area contributed by atoms with E-state index in [0.29, 0.717) is 30.6 Å². The lowest BCUT2D eigenvalue weighted by Gasteiger charge is -2.09. The Morgan fingerprint density at radius 3 is 2.79 bits per heavy atom. The predicted molar refractivity (Wildman–Crippen MR) is 112 cm³/mol. The normalized spacial score (nSPS) is 11.4. The van der Waals surface area contributed by atoms with E-state index < -0.39 is 5.97 Å². The molecule has 0 radical (unpaired) electrons. The molecule has 29 heavy (non-hydrogen) atoms. The molecule has 6 heteroatoms.